The standard InChI is InChI=1S/C38H36N2/c1-29-23-25-35(39(31-15-7-3-8-16-31)32-17-9-4-10-18-32)27-37(29)38-28-36(26-24-30(38)2)40(33-19-11-5-12-20-33)34-21-13-6-14-22-34/h3,5,7-9,11-13,15-28H,4,6,10,14H2,1-2H3. The highest BCUT2D eigenvalue weighted by Crippen LogP contribution is 2.40. The van der Waals surface area contributed by atoms with Crippen LogP contribution < -0.4 is 9.80 Å². The normalized spacial score (nSPS) is 14.4. The van der Waals surface area contributed by atoms with Gasteiger partial charge >= 0.3 is 0 Å². The van der Waals surface area contributed by atoms with Gasteiger partial charge in [0.2, 0.25) is 0 Å². The van der Waals surface area contributed by atoms with Gasteiger partial charge in [-0.15, -0.1) is 0 Å². The number of para-hydroxylation sites is 2. The molecule has 0 spiro atoms. The number of allylic oxidation sites excluding steroid dienone is 6. The van der Waals surface area contributed by atoms with Crippen LogP contribution in [0.1, 0.15) is 36.8 Å². The minimum Gasteiger partial charge on any atom is -0.311 e. The van der Waals surface area contributed by atoms with Gasteiger partial charge in [-0.2, -0.15) is 0 Å². The van der Waals surface area contributed by atoms with Gasteiger partial charge in [0, 0.05) is 34.1 Å². The van der Waals surface area contributed by atoms with Gasteiger partial charge in [-0.25, -0.2) is 0 Å². The number of hydrogen-bond acceptors (Lipinski definition) is 2. The van der Waals surface area contributed by atoms with Crippen LogP contribution in [0.15, 0.2) is 145 Å². The molecule has 0 heterocycles. The maximum absolute atomic E-state index is 2.38. The van der Waals surface area contributed by atoms with Gasteiger partial charge < -0.3 is 9.80 Å². The van der Waals surface area contributed by atoms with Crippen LogP contribution >= 0.6 is 0 Å². The Labute approximate surface area is 238 Å². The Morgan fingerprint density at radius 1 is 0.450 bits per heavy atom. The summed E-state index contributed by atoms with van der Waals surface area (Å²) in [6.45, 7) is 4.44. The number of rotatable bonds is 7. The first kappa shape index (κ1) is 25.7. The third kappa shape index (κ3) is 5.31. The van der Waals surface area contributed by atoms with Crippen LogP contribution in [0.4, 0.5) is 22.7 Å². The number of aryl methyl sites for hydroxylation is 2. The average molecular weight is 521 g/mol. The van der Waals surface area contributed by atoms with E-state index in [0.29, 0.717) is 0 Å². The lowest BCUT2D eigenvalue weighted by Crippen LogP contribution is -2.17. The molecule has 0 radical (unpaired) electrons. The van der Waals surface area contributed by atoms with Crippen LogP contribution in [0, 0.1) is 13.8 Å². The largest absolute Gasteiger partial charge is 0.311 e. The van der Waals surface area contributed by atoms with Crippen molar-refractivity contribution in [1.82, 2.24) is 0 Å². The molecule has 198 valence electrons. The highest BCUT2D eigenvalue weighted by molar-refractivity contribution is 5.82. The molecule has 40 heavy (non-hydrogen) atoms. The van der Waals surface area contributed by atoms with Crippen molar-refractivity contribution in [3.8, 4) is 11.1 Å². The second-order valence-electron chi connectivity index (χ2n) is 10.6. The molecule has 0 N–H and O–H groups in total. The molecule has 2 nitrogen and oxygen atoms in total. The molecule has 0 aliphatic heterocycles. The molecule has 2 heteroatoms. The van der Waals surface area contributed by atoms with E-state index in [4.69, 9.17) is 0 Å². The van der Waals surface area contributed by atoms with Gasteiger partial charge in [-0.3, -0.25) is 0 Å². The maximum Gasteiger partial charge on any atom is 0.0467 e. The van der Waals surface area contributed by atoms with Crippen molar-refractivity contribution >= 4 is 22.7 Å². The number of nitrogens with zero attached hydrogens (tertiary/aromatic N) is 2. The molecule has 0 aromatic heterocycles. The van der Waals surface area contributed by atoms with Gasteiger partial charge in [0.05, 0.1) is 0 Å². The van der Waals surface area contributed by atoms with Crippen LogP contribution in [0.5, 0.6) is 0 Å². The predicted octanol–water partition coefficient (Wildman–Crippen LogP) is 10.7. The van der Waals surface area contributed by atoms with E-state index in [1.165, 1.54) is 56.4 Å². The Kier molecular flexibility index (Phi) is 7.50. The molecule has 0 amide bonds. The second kappa shape index (κ2) is 11.7. The molecule has 0 saturated heterocycles. The first-order valence-electron chi connectivity index (χ1n) is 14.3. The van der Waals surface area contributed by atoms with E-state index in [9.17, 15) is 0 Å². The zero-order valence-electron chi connectivity index (χ0n) is 23.4. The van der Waals surface area contributed by atoms with Gasteiger partial charge in [0.15, 0.2) is 0 Å². The molecule has 2 aliphatic rings. The van der Waals surface area contributed by atoms with Crippen LogP contribution in [0.2, 0.25) is 0 Å². The summed E-state index contributed by atoms with van der Waals surface area (Å²) in [4.78, 5) is 4.76. The van der Waals surface area contributed by atoms with Crippen LogP contribution in [0.3, 0.4) is 0 Å². The zero-order valence-corrected chi connectivity index (χ0v) is 23.4. The Bertz CT molecular complexity index is 1480. The summed E-state index contributed by atoms with van der Waals surface area (Å²) in [6, 6.07) is 35.2. The van der Waals surface area contributed by atoms with E-state index in [-0.39, 0.29) is 0 Å². The van der Waals surface area contributed by atoms with Gasteiger partial charge in [0.1, 0.15) is 0 Å². The molecule has 0 atom stereocenters. The van der Waals surface area contributed by atoms with Crippen molar-refractivity contribution in [3.63, 3.8) is 0 Å². The lowest BCUT2D eigenvalue weighted by molar-refractivity contribution is 0.997. The third-order valence-electron chi connectivity index (χ3n) is 7.74. The van der Waals surface area contributed by atoms with Crippen molar-refractivity contribution in [2.45, 2.75) is 39.5 Å². The Morgan fingerprint density at radius 2 is 0.875 bits per heavy atom. The minimum absolute atomic E-state index is 1.06. The topological polar surface area (TPSA) is 6.48 Å². The zero-order chi connectivity index (χ0) is 27.3. The summed E-state index contributed by atoms with van der Waals surface area (Å²) < 4.78 is 0. The van der Waals surface area contributed by atoms with E-state index < -0.39 is 0 Å². The SMILES string of the molecule is Cc1ccc(N(C2=CCCC=C2)c2ccccc2)cc1-c1cc(N(C2=CCCC=C2)c2ccccc2)ccc1C. The lowest BCUT2D eigenvalue weighted by atomic mass is 9.94. The number of hydrogen-bond donors (Lipinski definition) is 0. The van der Waals surface area contributed by atoms with E-state index in [2.05, 4.69) is 157 Å². The molecule has 0 saturated carbocycles. The number of anilines is 4. The predicted molar refractivity (Wildman–Crippen MR) is 171 cm³/mol. The van der Waals surface area contributed by atoms with Gasteiger partial charge in [-0.1, -0.05) is 72.8 Å². The summed E-state index contributed by atoms with van der Waals surface area (Å²) in [5.74, 6) is 0. The van der Waals surface area contributed by atoms with Crippen molar-refractivity contribution in [1.29, 1.82) is 0 Å². The Hall–Kier alpha value is -4.56. The van der Waals surface area contributed by atoms with Gasteiger partial charge in [-0.05, 0) is 122 Å². The molecule has 0 unspecified atom stereocenters. The summed E-state index contributed by atoms with van der Waals surface area (Å²) in [6.07, 6.45) is 18.1. The summed E-state index contributed by atoms with van der Waals surface area (Å²) in [5.41, 5.74) is 12.2. The first-order valence-corrected chi connectivity index (χ1v) is 14.3. The quantitative estimate of drug-likeness (QED) is 0.239. The molecule has 4 aromatic carbocycles. The fourth-order valence-electron chi connectivity index (χ4n) is 5.66. The van der Waals surface area contributed by atoms with Crippen LogP contribution in [-0.2, 0) is 0 Å². The van der Waals surface area contributed by atoms with Crippen molar-refractivity contribution in [2.24, 2.45) is 0 Å². The third-order valence-corrected chi connectivity index (χ3v) is 7.74. The summed E-state index contributed by atoms with van der Waals surface area (Å²) in [7, 11) is 0. The first-order chi connectivity index (χ1) is 19.7. The highest BCUT2D eigenvalue weighted by atomic mass is 15.2. The molecule has 2 aliphatic carbocycles. The lowest BCUT2D eigenvalue weighted by Gasteiger charge is -2.29. The van der Waals surface area contributed by atoms with E-state index in [1.807, 2.05) is 0 Å². The fraction of sp³-hybridized carbons (Fsp3) is 0.158. The highest BCUT2D eigenvalue weighted by Gasteiger charge is 2.19. The van der Waals surface area contributed by atoms with Crippen molar-refractivity contribution in [3.05, 3.63) is 156 Å². The molecule has 6 rings (SSSR count). The summed E-state index contributed by atoms with van der Waals surface area (Å²) in [5, 5.41) is 0. The average Bonchev–Trinajstić information content (AvgIpc) is 3.01. The Morgan fingerprint density at radius 3 is 1.25 bits per heavy atom. The summed E-state index contributed by atoms with van der Waals surface area (Å²) >= 11 is 0. The smallest absolute Gasteiger partial charge is 0.0467 e. The van der Waals surface area contributed by atoms with Crippen LogP contribution in [-0.4, -0.2) is 0 Å². The van der Waals surface area contributed by atoms with E-state index in [1.54, 1.807) is 0 Å². The number of benzene rings is 4. The van der Waals surface area contributed by atoms with Crippen LogP contribution in [0.25, 0.3) is 11.1 Å². The second-order valence-corrected chi connectivity index (χ2v) is 10.6. The van der Waals surface area contributed by atoms with E-state index >= 15 is 0 Å². The minimum atomic E-state index is 1.06. The van der Waals surface area contributed by atoms with Crippen molar-refractivity contribution < 1.29 is 0 Å². The van der Waals surface area contributed by atoms with E-state index in [0.717, 1.165) is 25.7 Å². The monoisotopic (exact) mass is 520 g/mol. The molecular weight excluding hydrogens is 484 g/mol. The van der Waals surface area contributed by atoms with Gasteiger partial charge in [0.25, 0.3) is 0 Å². The molecule has 4 aromatic rings. The fourth-order valence-corrected chi connectivity index (χ4v) is 5.66. The van der Waals surface area contributed by atoms with Crippen molar-refractivity contribution in [2.75, 3.05) is 9.80 Å². The molecule has 0 bridgehead atoms. The molecule has 0 fully saturated rings. The molecular formula is C38H36N2. The maximum atomic E-state index is 2.38. The Balaban J connectivity index is 1.47.